The molecule has 0 saturated carbocycles. The van der Waals surface area contributed by atoms with Gasteiger partial charge in [0.05, 0.1) is 0 Å². The second-order valence-corrected chi connectivity index (χ2v) is 6.84. The van der Waals surface area contributed by atoms with Crippen LogP contribution in [0.4, 0.5) is 4.79 Å². The maximum absolute atomic E-state index is 11.2. The van der Waals surface area contributed by atoms with E-state index in [4.69, 9.17) is 17.3 Å². The molecule has 0 bridgehead atoms. The minimum atomic E-state index is -0.301. The molecular weight excluding hydrogens is 298 g/mol. The van der Waals surface area contributed by atoms with Crippen LogP contribution >= 0.6 is 11.6 Å². The molecule has 1 saturated heterocycles. The van der Waals surface area contributed by atoms with Crippen molar-refractivity contribution < 1.29 is 4.79 Å². The first kappa shape index (κ1) is 15.6. The zero-order chi connectivity index (χ0) is 15.5. The van der Waals surface area contributed by atoms with Crippen molar-refractivity contribution >= 4 is 17.6 Å². The predicted molar refractivity (Wildman–Crippen MR) is 89.1 cm³/mol. The Labute approximate surface area is 137 Å². The monoisotopic (exact) mass is 321 g/mol. The first-order valence-corrected chi connectivity index (χ1v) is 8.60. The number of aryl methyl sites for hydroxylation is 1. The molecule has 1 atom stereocenters. The lowest BCUT2D eigenvalue weighted by atomic mass is 9.96. The van der Waals surface area contributed by atoms with Crippen LogP contribution in [-0.2, 0) is 6.42 Å². The molecule has 5 heteroatoms. The topological polar surface area (TPSA) is 58.4 Å². The van der Waals surface area contributed by atoms with Gasteiger partial charge in [0, 0.05) is 30.2 Å². The van der Waals surface area contributed by atoms with Gasteiger partial charge in [0.1, 0.15) is 0 Å². The quantitative estimate of drug-likeness (QED) is 0.822. The summed E-state index contributed by atoms with van der Waals surface area (Å²) in [6, 6.07) is 6.82. The van der Waals surface area contributed by atoms with Crippen molar-refractivity contribution in [1.29, 1.82) is 0 Å². The lowest BCUT2D eigenvalue weighted by Crippen LogP contribution is -2.47. The number of benzene rings is 1. The maximum Gasteiger partial charge on any atom is 0.314 e. The Morgan fingerprint density at radius 3 is 2.73 bits per heavy atom. The van der Waals surface area contributed by atoms with Gasteiger partial charge >= 0.3 is 6.03 Å². The van der Waals surface area contributed by atoms with Crippen molar-refractivity contribution in [1.82, 2.24) is 10.2 Å². The summed E-state index contributed by atoms with van der Waals surface area (Å²) in [4.78, 5) is 12.9. The van der Waals surface area contributed by atoms with E-state index in [-0.39, 0.29) is 6.03 Å². The number of hydrogen-bond donors (Lipinski definition) is 2. The molecule has 2 amide bonds. The first-order chi connectivity index (χ1) is 10.6. The largest absolute Gasteiger partial charge is 0.351 e. The van der Waals surface area contributed by atoms with Gasteiger partial charge in [0.2, 0.25) is 0 Å². The number of carbonyl (C=O) groups is 1. The van der Waals surface area contributed by atoms with Crippen LogP contribution in [0.5, 0.6) is 0 Å². The van der Waals surface area contributed by atoms with E-state index in [0.717, 1.165) is 43.8 Å². The molecule has 3 N–H and O–H groups in total. The molecule has 120 valence electrons. The predicted octanol–water partition coefficient (Wildman–Crippen LogP) is 3.24. The molecule has 1 aromatic carbocycles. The fourth-order valence-electron chi connectivity index (χ4n) is 3.66. The summed E-state index contributed by atoms with van der Waals surface area (Å²) in [7, 11) is 0. The molecule has 22 heavy (non-hydrogen) atoms. The molecule has 1 aliphatic carbocycles. The van der Waals surface area contributed by atoms with Crippen LogP contribution in [0.3, 0.4) is 0 Å². The molecule has 1 fully saturated rings. The molecule has 0 unspecified atom stereocenters. The zero-order valence-electron chi connectivity index (χ0n) is 12.9. The molecular formula is C17H24ClN3O. The Balaban J connectivity index is 1.68. The number of halogens is 1. The molecule has 1 aliphatic heterocycles. The fourth-order valence-corrected chi connectivity index (χ4v) is 3.84. The van der Waals surface area contributed by atoms with Crippen molar-refractivity contribution in [2.45, 2.75) is 50.6 Å². The lowest BCUT2D eigenvalue weighted by molar-refractivity contribution is 0.181. The second kappa shape index (κ2) is 6.88. The van der Waals surface area contributed by atoms with E-state index in [2.05, 4.69) is 17.4 Å². The van der Waals surface area contributed by atoms with Gasteiger partial charge in [-0.3, -0.25) is 0 Å². The summed E-state index contributed by atoms with van der Waals surface area (Å²) >= 11 is 6.21. The van der Waals surface area contributed by atoms with E-state index in [1.54, 1.807) is 4.90 Å². The molecule has 0 radical (unpaired) electrons. The van der Waals surface area contributed by atoms with Crippen LogP contribution in [0.2, 0.25) is 5.02 Å². The Morgan fingerprint density at radius 2 is 2.00 bits per heavy atom. The SMILES string of the molecule is NC(=O)N1CCC(N[C@@H]2CCCCc3ccc(Cl)cc32)CC1. The van der Waals surface area contributed by atoms with E-state index in [1.807, 2.05) is 6.07 Å². The molecule has 0 aromatic heterocycles. The minimum Gasteiger partial charge on any atom is -0.351 e. The average Bonchev–Trinajstić information content (AvgIpc) is 2.70. The Kier molecular flexibility index (Phi) is 4.89. The summed E-state index contributed by atoms with van der Waals surface area (Å²) in [6.07, 6.45) is 6.72. The van der Waals surface area contributed by atoms with Crippen molar-refractivity contribution in [3.05, 3.63) is 34.3 Å². The van der Waals surface area contributed by atoms with Gasteiger partial charge in [-0.05, 0) is 55.4 Å². The Bertz CT molecular complexity index is 541. The van der Waals surface area contributed by atoms with Gasteiger partial charge in [-0.2, -0.15) is 0 Å². The highest BCUT2D eigenvalue weighted by Crippen LogP contribution is 2.31. The van der Waals surface area contributed by atoms with Crippen LogP contribution < -0.4 is 11.1 Å². The summed E-state index contributed by atoms with van der Waals surface area (Å²) < 4.78 is 0. The molecule has 3 rings (SSSR count). The summed E-state index contributed by atoms with van der Waals surface area (Å²) in [6.45, 7) is 1.50. The van der Waals surface area contributed by atoms with Crippen molar-refractivity contribution in [2.24, 2.45) is 5.73 Å². The van der Waals surface area contributed by atoms with Crippen LogP contribution in [-0.4, -0.2) is 30.1 Å². The van der Waals surface area contributed by atoms with E-state index >= 15 is 0 Å². The number of rotatable bonds is 2. The molecule has 2 aliphatic rings. The van der Waals surface area contributed by atoms with Crippen molar-refractivity contribution in [3.8, 4) is 0 Å². The Morgan fingerprint density at radius 1 is 1.23 bits per heavy atom. The first-order valence-electron chi connectivity index (χ1n) is 8.22. The lowest BCUT2D eigenvalue weighted by Gasteiger charge is -2.34. The van der Waals surface area contributed by atoms with E-state index < -0.39 is 0 Å². The highest BCUT2D eigenvalue weighted by Gasteiger charge is 2.25. The van der Waals surface area contributed by atoms with Crippen LogP contribution in [0.1, 0.15) is 49.3 Å². The number of fused-ring (bicyclic) bond motifs is 1. The number of amides is 2. The van der Waals surface area contributed by atoms with Gasteiger partial charge in [0.15, 0.2) is 0 Å². The number of nitrogens with zero attached hydrogens (tertiary/aromatic N) is 1. The molecule has 0 spiro atoms. The summed E-state index contributed by atoms with van der Waals surface area (Å²) in [5.41, 5.74) is 8.14. The standard InChI is InChI=1S/C17H24ClN3O/c18-13-6-5-12-3-1-2-4-16(15(12)11-13)20-14-7-9-21(10-8-14)17(19)22/h5-6,11,14,16,20H,1-4,7-10H2,(H2,19,22)/t16-/m1/s1. The number of likely N-dealkylation sites (tertiary alicyclic amines) is 1. The smallest absolute Gasteiger partial charge is 0.314 e. The van der Waals surface area contributed by atoms with E-state index in [1.165, 1.54) is 24.0 Å². The summed E-state index contributed by atoms with van der Waals surface area (Å²) in [5.74, 6) is 0. The second-order valence-electron chi connectivity index (χ2n) is 6.41. The number of nitrogens with two attached hydrogens (primary N) is 1. The van der Waals surface area contributed by atoms with Crippen LogP contribution in [0, 0.1) is 0 Å². The molecule has 1 aromatic rings. The molecule has 1 heterocycles. The van der Waals surface area contributed by atoms with Gasteiger partial charge in [-0.1, -0.05) is 24.1 Å². The fraction of sp³-hybridized carbons (Fsp3) is 0.588. The van der Waals surface area contributed by atoms with Crippen molar-refractivity contribution in [2.75, 3.05) is 13.1 Å². The van der Waals surface area contributed by atoms with Gasteiger partial charge < -0.3 is 16.0 Å². The van der Waals surface area contributed by atoms with Gasteiger partial charge in [-0.25, -0.2) is 4.79 Å². The maximum atomic E-state index is 11.2. The number of nitrogens with one attached hydrogen (secondary N) is 1. The summed E-state index contributed by atoms with van der Waals surface area (Å²) in [5, 5.41) is 4.62. The molecule has 4 nitrogen and oxygen atoms in total. The highest BCUT2D eigenvalue weighted by atomic mass is 35.5. The normalized spacial score (nSPS) is 23.0. The van der Waals surface area contributed by atoms with Gasteiger partial charge in [0.25, 0.3) is 0 Å². The third-order valence-corrected chi connectivity index (χ3v) is 5.15. The zero-order valence-corrected chi connectivity index (χ0v) is 13.6. The van der Waals surface area contributed by atoms with Gasteiger partial charge in [-0.15, -0.1) is 0 Å². The Hall–Kier alpha value is -1.26. The third kappa shape index (κ3) is 3.55. The van der Waals surface area contributed by atoms with Crippen LogP contribution in [0.25, 0.3) is 0 Å². The number of carbonyl (C=O) groups excluding carboxylic acids is 1. The number of piperidine rings is 1. The number of hydrogen-bond acceptors (Lipinski definition) is 2. The van der Waals surface area contributed by atoms with Crippen LogP contribution in [0.15, 0.2) is 18.2 Å². The number of urea groups is 1. The highest BCUT2D eigenvalue weighted by molar-refractivity contribution is 6.30. The average molecular weight is 322 g/mol. The number of primary amides is 1. The van der Waals surface area contributed by atoms with E-state index in [9.17, 15) is 4.79 Å². The van der Waals surface area contributed by atoms with E-state index in [0.29, 0.717) is 12.1 Å². The van der Waals surface area contributed by atoms with Crippen molar-refractivity contribution in [3.63, 3.8) is 0 Å². The minimum absolute atomic E-state index is 0.301. The third-order valence-electron chi connectivity index (χ3n) is 4.92.